The molecule has 0 aliphatic heterocycles. The maximum atomic E-state index is 11.9. The van der Waals surface area contributed by atoms with Crippen molar-refractivity contribution in [3.05, 3.63) is 23.8 Å². The van der Waals surface area contributed by atoms with E-state index in [-0.39, 0.29) is 22.7 Å². The van der Waals surface area contributed by atoms with Gasteiger partial charge in [0.25, 0.3) is 0 Å². The summed E-state index contributed by atoms with van der Waals surface area (Å²) < 4.78 is 24.8. The van der Waals surface area contributed by atoms with Crippen LogP contribution in [0.2, 0.25) is 0 Å². The lowest BCUT2D eigenvalue weighted by Crippen LogP contribution is -2.29. The van der Waals surface area contributed by atoms with E-state index in [1.165, 1.54) is 25.2 Å². The number of anilines is 2. The second-order valence-electron chi connectivity index (χ2n) is 3.86. The Balaban J connectivity index is 3.15. The first-order valence-electron chi connectivity index (χ1n) is 5.39. The zero-order valence-corrected chi connectivity index (χ0v) is 11.1. The Morgan fingerprint density at radius 2 is 2.06 bits per heavy atom. The van der Waals surface area contributed by atoms with Gasteiger partial charge in [-0.05, 0) is 24.6 Å². The van der Waals surface area contributed by atoms with Gasteiger partial charge in [-0.3, -0.25) is 4.31 Å². The van der Waals surface area contributed by atoms with E-state index in [9.17, 15) is 13.2 Å². The maximum Gasteiger partial charge on any atom is 0.335 e. The third kappa shape index (κ3) is 2.92. The smallest absolute Gasteiger partial charge is 0.335 e. The van der Waals surface area contributed by atoms with Crippen molar-refractivity contribution in [1.82, 2.24) is 0 Å². The second kappa shape index (κ2) is 5.26. The molecule has 1 rings (SSSR count). The number of hydrogen-bond donors (Lipinski definition) is 2. The highest BCUT2D eigenvalue weighted by Gasteiger charge is 2.19. The third-order valence-corrected chi connectivity index (χ3v) is 4.45. The Morgan fingerprint density at radius 3 is 2.50 bits per heavy atom. The molecule has 0 bridgehead atoms. The fourth-order valence-electron chi connectivity index (χ4n) is 1.52. The van der Waals surface area contributed by atoms with E-state index < -0.39 is 16.0 Å². The first-order valence-corrected chi connectivity index (χ1v) is 7.00. The second-order valence-corrected chi connectivity index (χ2v) is 5.98. The maximum absolute atomic E-state index is 11.9. The first-order chi connectivity index (χ1) is 8.29. The van der Waals surface area contributed by atoms with Crippen LogP contribution in [0.4, 0.5) is 11.4 Å². The molecule has 18 heavy (non-hydrogen) atoms. The number of sulfonamides is 1. The molecule has 6 nitrogen and oxygen atoms in total. The molecule has 0 heterocycles. The number of carboxylic acids is 1. The fourth-order valence-corrected chi connectivity index (χ4v) is 2.77. The Kier molecular flexibility index (Phi) is 4.18. The molecule has 0 saturated carbocycles. The van der Waals surface area contributed by atoms with Crippen LogP contribution < -0.4 is 10.0 Å². The molecule has 0 aliphatic rings. The highest BCUT2D eigenvalue weighted by molar-refractivity contribution is 7.92. The van der Waals surface area contributed by atoms with E-state index in [4.69, 9.17) is 10.8 Å². The van der Waals surface area contributed by atoms with Crippen LogP contribution in [0.3, 0.4) is 0 Å². The van der Waals surface area contributed by atoms with Gasteiger partial charge in [0.1, 0.15) is 0 Å². The van der Waals surface area contributed by atoms with Gasteiger partial charge in [0, 0.05) is 7.05 Å². The minimum atomic E-state index is -3.41. The van der Waals surface area contributed by atoms with E-state index in [1.807, 2.05) is 0 Å². The standard InChI is InChI=1S/C11H16N2O4S/c1-3-6-18(16,17)13(2)10-5-4-8(11(14)15)7-9(10)12/h4-5,7H,3,6,12H2,1-2H3,(H,14,15). The van der Waals surface area contributed by atoms with Crippen LogP contribution in [0, 0.1) is 0 Å². The van der Waals surface area contributed by atoms with Crippen LogP contribution in [0.15, 0.2) is 18.2 Å². The zero-order chi connectivity index (χ0) is 13.9. The number of rotatable bonds is 5. The number of nitrogens with two attached hydrogens (primary N) is 1. The summed E-state index contributed by atoms with van der Waals surface area (Å²) in [6, 6.07) is 3.97. The minimum absolute atomic E-state index is 0.0175. The minimum Gasteiger partial charge on any atom is -0.478 e. The molecule has 0 atom stereocenters. The molecule has 0 spiro atoms. The van der Waals surface area contributed by atoms with Crippen LogP contribution in [-0.4, -0.2) is 32.3 Å². The summed E-state index contributed by atoms with van der Waals surface area (Å²) in [4.78, 5) is 10.7. The van der Waals surface area contributed by atoms with Crippen molar-refractivity contribution in [1.29, 1.82) is 0 Å². The van der Waals surface area contributed by atoms with Crippen molar-refractivity contribution < 1.29 is 18.3 Å². The van der Waals surface area contributed by atoms with Crippen LogP contribution >= 0.6 is 0 Å². The topological polar surface area (TPSA) is 101 Å². The molecular formula is C11H16N2O4S. The van der Waals surface area contributed by atoms with E-state index in [0.717, 1.165) is 4.31 Å². The van der Waals surface area contributed by atoms with Gasteiger partial charge in [0.05, 0.1) is 22.7 Å². The number of carbonyl (C=O) groups is 1. The Morgan fingerprint density at radius 1 is 1.44 bits per heavy atom. The number of hydrogen-bond acceptors (Lipinski definition) is 4. The third-order valence-electron chi connectivity index (χ3n) is 2.49. The van der Waals surface area contributed by atoms with Crippen LogP contribution in [0.25, 0.3) is 0 Å². The lowest BCUT2D eigenvalue weighted by molar-refractivity contribution is 0.0697. The lowest BCUT2D eigenvalue weighted by Gasteiger charge is -2.20. The van der Waals surface area contributed by atoms with Crippen LogP contribution in [0.1, 0.15) is 23.7 Å². The Bertz CT molecular complexity index is 554. The largest absolute Gasteiger partial charge is 0.478 e. The summed E-state index contributed by atoms with van der Waals surface area (Å²) >= 11 is 0. The number of benzene rings is 1. The van der Waals surface area contributed by atoms with Gasteiger partial charge in [0.2, 0.25) is 10.0 Å². The van der Waals surface area contributed by atoms with Crippen molar-refractivity contribution in [2.45, 2.75) is 13.3 Å². The highest BCUT2D eigenvalue weighted by atomic mass is 32.2. The quantitative estimate of drug-likeness (QED) is 0.783. The monoisotopic (exact) mass is 272 g/mol. The summed E-state index contributed by atoms with van der Waals surface area (Å²) in [7, 11) is -2.01. The lowest BCUT2D eigenvalue weighted by atomic mass is 10.2. The summed E-state index contributed by atoms with van der Waals surface area (Å²) in [6.07, 6.45) is 0.500. The van der Waals surface area contributed by atoms with Gasteiger partial charge in [-0.1, -0.05) is 6.92 Å². The molecule has 0 amide bonds. The molecule has 0 unspecified atom stereocenters. The zero-order valence-electron chi connectivity index (χ0n) is 10.3. The molecule has 0 saturated heterocycles. The summed E-state index contributed by atoms with van der Waals surface area (Å²) in [5, 5.41) is 8.80. The molecule has 7 heteroatoms. The number of aromatic carboxylic acids is 1. The van der Waals surface area contributed by atoms with E-state index in [1.54, 1.807) is 6.92 Å². The highest BCUT2D eigenvalue weighted by Crippen LogP contribution is 2.25. The van der Waals surface area contributed by atoms with Gasteiger partial charge in [-0.25, -0.2) is 13.2 Å². The molecule has 1 aromatic carbocycles. The predicted octanol–water partition coefficient (Wildman–Crippen LogP) is 1.14. The molecule has 1 aromatic rings. The van der Waals surface area contributed by atoms with Gasteiger partial charge in [-0.15, -0.1) is 0 Å². The normalized spacial score (nSPS) is 11.2. The molecule has 100 valence electrons. The predicted molar refractivity (Wildman–Crippen MR) is 70.3 cm³/mol. The van der Waals surface area contributed by atoms with Crippen molar-refractivity contribution in [2.24, 2.45) is 0 Å². The van der Waals surface area contributed by atoms with E-state index in [2.05, 4.69) is 0 Å². The summed E-state index contributed by atoms with van der Waals surface area (Å²) in [5.74, 6) is -1.09. The van der Waals surface area contributed by atoms with Gasteiger partial charge < -0.3 is 10.8 Å². The van der Waals surface area contributed by atoms with Crippen molar-refractivity contribution in [2.75, 3.05) is 22.8 Å². The molecule has 0 aromatic heterocycles. The Hall–Kier alpha value is -1.76. The first kappa shape index (κ1) is 14.3. The van der Waals surface area contributed by atoms with Gasteiger partial charge in [0.15, 0.2) is 0 Å². The average molecular weight is 272 g/mol. The molecule has 0 fully saturated rings. The van der Waals surface area contributed by atoms with Crippen molar-refractivity contribution in [3.8, 4) is 0 Å². The molecule has 0 radical (unpaired) electrons. The van der Waals surface area contributed by atoms with Crippen LogP contribution in [-0.2, 0) is 10.0 Å². The summed E-state index contributed by atoms with van der Waals surface area (Å²) in [5.41, 5.74) is 6.12. The van der Waals surface area contributed by atoms with Gasteiger partial charge in [-0.2, -0.15) is 0 Å². The van der Waals surface area contributed by atoms with Crippen molar-refractivity contribution >= 4 is 27.4 Å². The molecular weight excluding hydrogens is 256 g/mol. The Labute approximate surface area is 106 Å². The average Bonchev–Trinajstić information content (AvgIpc) is 2.27. The fraction of sp³-hybridized carbons (Fsp3) is 0.364. The van der Waals surface area contributed by atoms with E-state index in [0.29, 0.717) is 6.42 Å². The summed E-state index contributed by atoms with van der Waals surface area (Å²) in [6.45, 7) is 1.77. The van der Waals surface area contributed by atoms with Gasteiger partial charge >= 0.3 is 5.97 Å². The molecule has 0 aliphatic carbocycles. The number of nitrogens with zero attached hydrogens (tertiary/aromatic N) is 1. The van der Waals surface area contributed by atoms with Crippen LogP contribution in [0.5, 0.6) is 0 Å². The SMILES string of the molecule is CCCS(=O)(=O)N(C)c1ccc(C(=O)O)cc1N. The molecule has 3 N–H and O–H groups in total. The van der Waals surface area contributed by atoms with E-state index >= 15 is 0 Å². The van der Waals surface area contributed by atoms with Crippen molar-refractivity contribution in [3.63, 3.8) is 0 Å². The number of carboxylic acid groups (broad SMARTS) is 1. The number of nitrogen functional groups attached to an aromatic ring is 1.